The van der Waals surface area contributed by atoms with Crippen LogP contribution in [0.1, 0.15) is 30.3 Å². The number of hydrogen-bond donors (Lipinski definition) is 0. The first kappa shape index (κ1) is 12.2. The molecule has 1 aromatic rings. The maximum atomic E-state index is 13.2. The highest BCUT2D eigenvalue weighted by molar-refractivity contribution is 7.99. The van der Waals surface area contributed by atoms with Gasteiger partial charge in [0, 0.05) is 20.0 Å². The molecule has 2 aliphatic heterocycles. The highest BCUT2D eigenvalue weighted by atomic mass is 32.2. The molecule has 0 radical (unpaired) electrons. The van der Waals surface area contributed by atoms with Crippen LogP contribution in [0.2, 0.25) is 0 Å². The lowest BCUT2D eigenvalue weighted by Crippen LogP contribution is -2.27. The van der Waals surface area contributed by atoms with Crippen LogP contribution < -0.4 is 4.90 Å². The highest BCUT2D eigenvalue weighted by Crippen LogP contribution is 2.40. The summed E-state index contributed by atoms with van der Waals surface area (Å²) in [6, 6.07) is 0. The van der Waals surface area contributed by atoms with E-state index in [1.54, 1.807) is 4.90 Å². The number of halogens is 2. The Morgan fingerprint density at radius 2 is 2.22 bits per heavy atom. The van der Waals surface area contributed by atoms with Crippen LogP contribution in [-0.2, 0) is 7.05 Å². The molecule has 1 unspecified atom stereocenters. The van der Waals surface area contributed by atoms with Gasteiger partial charge in [-0.1, -0.05) is 0 Å². The lowest BCUT2D eigenvalue weighted by molar-refractivity contribution is 0.0256. The third-order valence-electron chi connectivity index (χ3n) is 3.56. The Morgan fingerprint density at radius 1 is 1.39 bits per heavy atom. The van der Waals surface area contributed by atoms with Crippen molar-refractivity contribution in [3.05, 3.63) is 5.82 Å². The highest BCUT2D eigenvalue weighted by Gasteiger charge is 2.40. The molecule has 0 aromatic carbocycles. The second-order valence-electron chi connectivity index (χ2n) is 4.95. The van der Waals surface area contributed by atoms with Crippen molar-refractivity contribution in [3.8, 4) is 0 Å². The molecule has 0 saturated carbocycles. The third-order valence-corrected chi connectivity index (χ3v) is 4.93. The van der Waals surface area contributed by atoms with E-state index in [4.69, 9.17) is 0 Å². The van der Waals surface area contributed by atoms with E-state index < -0.39 is 5.92 Å². The van der Waals surface area contributed by atoms with Crippen molar-refractivity contribution in [1.29, 1.82) is 0 Å². The van der Waals surface area contributed by atoms with Crippen LogP contribution in [0, 0.1) is 0 Å². The van der Waals surface area contributed by atoms with Gasteiger partial charge in [-0.05, 0) is 18.6 Å². The zero-order chi connectivity index (χ0) is 12.8. The molecule has 100 valence electrons. The van der Waals surface area contributed by atoms with E-state index in [1.165, 1.54) is 6.42 Å². The molecule has 0 spiro atoms. The molecule has 3 heterocycles. The van der Waals surface area contributed by atoms with Crippen molar-refractivity contribution < 1.29 is 8.78 Å². The Kier molecular flexibility index (Phi) is 2.96. The largest absolute Gasteiger partial charge is 0.335 e. The van der Waals surface area contributed by atoms with E-state index in [0.29, 0.717) is 17.7 Å². The fourth-order valence-electron chi connectivity index (χ4n) is 2.58. The summed E-state index contributed by atoms with van der Waals surface area (Å²) in [4.78, 5) is 1.64. The number of anilines is 1. The zero-order valence-corrected chi connectivity index (χ0v) is 11.1. The molecule has 7 heteroatoms. The first-order chi connectivity index (χ1) is 8.57. The molecule has 4 nitrogen and oxygen atoms in total. The standard InChI is InChI=1S/C11H16F2N4S/c1-16-9(8-3-2-6-18-8)14-15-10(16)17-5-4-11(12,13)7-17/h8H,2-7H2,1H3. The predicted octanol–water partition coefficient (Wildman–Crippen LogP) is 2.23. The van der Waals surface area contributed by atoms with Gasteiger partial charge < -0.3 is 4.90 Å². The SMILES string of the molecule is Cn1c(C2CCCS2)nnc1N1CCC(F)(F)C1. The second kappa shape index (κ2) is 4.36. The second-order valence-corrected chi connectivity index (χ2v) is 6.26. The van der Waals surface area contributed by atoms with E-state index in [9.17, 15) is 8.78 Å². The summed E-state index contributed by atoms with van der Waals surface area (Å²) in [5.41, 5.74) is 0. The molecule has 1 atom stereocenters. The Bertz CT molecular complexity index is 442. The van der Waals surface area contributed by atoms with Crippen LogP contribution in [-0.4, -0.2) is 39.5 Å². The van der Waals surface area contributed by atoms with Gasteiger partial charge in [0.25, 0.3) is 5.92 Å². The summed E-state index contributed by atoms with van der Waals surface area (Å²) in [7, 11) is 1.88. The van der Waals surface area contributed by atoms with Crippen molar-refractivity contribution in [2.45, 2.75) is 30.4 Å². The van der Waals surface area contributed by atoms with Crippen LogP contribution in [0.4, 0.5) is 14.7 Å². The molecular formula is C11H16F2N4S. The molecule has 2 saturated heterocycles. The van der Waals surface area contributed by atoms with Gasteiger partial charge in [-0.15, -0.1) is 10.2 Å². The fraction of sp³-hybridized carbons (Fsp3) is 0.818. The monoisotopic (exact) mass is 274 g/mol. The lowest BCUT2D eigenvalue weighted by Gasteiger charge is -2.17. The van der Waals surface area contributed by atoms with Gasteiger partial charge >= 0.3 is 0 Å². The first-order valence-electron chi connectivity index (χ1n) is 6.20. The number of rotatable bonds is 2. The lowest BCUT2D eigenvalue weighted by atomic mass is 10.2. The summed E-state index contributed by atoms with van der Waals surface area (Å²) < 4.78 is 28.3. The molecule has 1 aromatic heterocycles. The Hall–Kier alpha value is -0.850. The quantitative estimate of drug-likeness (QED) is 0.828. The molecular weight excluding hydrogens is 258 g/mol. The van der Waals surface area contributed by atoms with Gasteiger partial charge in [0.05, 0.1) is 11.8 Å². The minimum Gasteiger partial charge on any atom is -0.335 e. The number of nitrogens with zero attached hydrogens (tertiary/aromatic N) is 4. The average Bonchev–Trinajstić information content (AvgIpc) is 2.98. The van der Waals surface area contributed by atoms with E-state index in [2.05, 4.69) is 10.2 Å². The van der Waals surface area contributed by atoms with E-state index in [1.807, 2.05) is 23.4 Å². The minimum atomic E-state index is -2.59. The smallest absolute Gasteiger partial charge is 0.267 e. The van der Waals surface area contributed by atoms with E-state index in [0.717, 1.165) is 18.0 Å². The number of hydrogen-bond acceptors (Lipinski definition) is 4. The minimum absolute atomic E-state index is 0.0899. The molecule has 2 fully saturated rings. The van der Waals surface area contributed by atoms with Crippen molar-refractivity contribution >= 4 is 17.7 Å². The number of thioether (sulfide) groups is 1. The van der Waals surface area contributed by atoms with E-state index in [-0.39, 0.29) is 13.0 Å². The number of aromatic nitrogens is 3. The van der Waals surface area contributed by atoms with Gasteiger partial charge in [0.2, 0.25) is 5.95 Å². The van der Waals surface area contributed by atoms with E-state index >= 15 is 0 Å². The molecule has 0 amide bonds. The van der Waals surface area contributed by atoms with Gasteiger partial charge in [-0.2, -0.15) is 11.8 Å². The number of alkyl halides is 2. The van der Waals surface area contributed by atoms with Crippen LogP contribution in [0.5, 0.6) is 0 Å². The van der Waals surface area contributed by atoms with Gasteiger partial charge in [-0.25, -0.2) is 8.78 Å². The van der Waals surface area contributed by atoms with Crippen molar-refractivity contribution in [2.24, 2.45) is 7.05 Å². The first-order valence-corrected chi connectivity index (χ1v) is 7.25. The maximum Gasteiger partial charge on any atom is 0.267 e. The predicted molar refractivity (Wildman–Crippen MR) is 67.2 cm³/mol. The van der Waals surface area contributed by atoms with Crippen LogP contribution in [0.15, 0.2) is 0 Å². The molecule has 2 aliphatic rings. The van der Waals surface area contributed by atoms with Crippen molar-refractivity contribution in [2.75, 3.05) is 23.7 Å². The van der Waals surface area contributed by atoms with Crippen molar-refractivity contribution in [3.63, 3.8) is 0 Å². The summed E-state index contributed by atoms with van der Waals surface area (Å²) >= 11 is 1.88. The van der Waals surface area contributed by atoms with Gasteiger partial charge in [0.1, 0.15) is 5.82 Å². The third kappa shape index (κ3) is 2.08. The topological polar surface area (TPSA) is 34.0 Å². The summed E-state index contributed by atoms with van der Waals surface area (Å²) in [6.45, 7) is 0.119. The van der Waals surface area contributed by atoms with Gasteiger partial charge in [-0.3, -0.25) is 4.57 Å². The van der Waals surface area contributed by atoms with Crippen LogP contribution in [0.25, 0.3) is 0 Å². The van der Waals surface area contributed by atoms with Crippen molar-refractivity contribution in [1.82, 2.24) is 14.8 Å². The molecule has 3 rings (SSSR count). The summed E-state index contributed by atoms with van der Waals surface area (Å²) in [6.07, 6.45) is 2.21. The molecule has 18 heavy (non-hydrogen) atoms. The summed E-state index contributed by atoms with van der Waals surface area (Å²) in [5, 5.41) is 8.67. The molecule has 0 bridgehead atoms. The Morgan fingerprint density at radius 3 is 2.83 bits per heavy atom. The normalized spacial score (nSPS) is 27.1. The van der Waals surface area contributed by atoms with Crippen LogP contribution >= 0.6 is 11.8 Å². The average molecular weight is 274 g/mol. The van der Waals surface area contributed by atoms with Crippen LogP contribution in [0.3, 0.4) is 0 Å². The molecule has 0 N–H and O–H groups in total. The maximum absolute atomic E-state index is 13.2. The zero-order valence-electron chi connectivity index (χ0n) is 10.3. The van der Waals surface area contributed by atoms with Gasteiger partial charge in [0.15, 0.2) is 0 Å². The fourth-order valence-corrected chi connectivity index (χ4v) is 3.88. The summed E-state index contributed by atoms with van der Waals surface area (Å²) in [5.74, 6) is 0.0560. The molecule has 0 aliphatic carbocycles. The Balaban J connectivity index is 1.81. The Labute approximate surface area is 109 Å².